The standard InChI is InChI=1S/C20H24FN5O3/c1-22-19(28)16-12-26(24-23-16)17-6-7-20(17)8-10-25(11-9-20)18(27)13-29-15-4-2-14(21)3-5-15/h2-5,12,17H,6-11,13H2,1H3,(H,22,28). The molecule has 1 aliphatic heterocycles. The molecule has 1 saturated carbocycles. The third-order valence-corrected chi connectivity index (χ3v) is 6.20. The van der Waals surface area contributed by atoms with Crippen molar-refractivity contribution in [2.24, 2.45) is 5.41 Å². The Bertz CT molecular complexity index is 890. The lowest BCUT2D eigenvalue weighted by Crippen LogP contribution is -2.52. The van der Waals surface area contributed by atoms with Gasteiger partial charge in [-0.15, -0.1) is 5.10 Å². The quantitative estimate of drug-likeness (QED) is 0.825. The lowest BCUT2D eigenvalue weighted by Gasteiger charge is -2.53. The highest BCUT2D eigenvalue weighted by atomic mass is 19.1. The van der Waals surface area contributed by atoms with Crippen LogP contribution < -0.4 is 10.1 Å². The van der Waals surface area contributed by atoms with Gasteiger partial charge < -0.3 is 15.0 Å². The van der Waals surface area contributed by atoms with Crippen LogP contribution in [0.25, 0.3) is 0 Å². The van der Waals surface area contributed by atoms with Gasteiger partial charge in [0.15, 0.2) is 12.3 Å². The first-order valence-electron chi connectivity index (χ1n) is 9.81. The minimum Gasteiger partial charge on any atom is -0.484 e. The molecule has 1 aromatic carbocycles. The molecule has 2 fully saturated rings. The molecule has 29 heavy (non-hydrogen) atoms. The molecule has 2 amide bonds. The summed E-state index contributed by atoms with van der Waals surface area (Å²) in [6.45, 7) is 1.28. The fourth-order valence-corrected chi connectivity index (χ4v) is 4.31. The van der Waals surface area contributed by atoms with Gasteiger partial charge in [0.2, 0.25) is 0 Å². The average Bonchev–Trinajstić information content (AvgIpc) is 3.21. The van der Waals surface area contributed by atoms with Crippen LogP contribution >= 0.6 is 0 Å². The predicted molar refractivity (Wildman–Crippen MR) is 102 cm³/mol. The number of hydrogen-bond acceptors (Lipinski definition) is 5. The van der Waals surface area contributed by atoms with Crippen LogP contribution in [0.2, 0.25) is 0 Å². The first-order chi connectivity index (χ1) is 14.0. The molecule has 2 aromatic rings. The van der Waals surface area contributed by atoms with E-state index in [9.17, 15) is 14.0 Å². The van der Waals surface area contributed by atoms with E-state index in [0.29, 0.717) is 24.5 Å². The zero-order valence-electron chi connectivity index (χ0n) is 16.3. The van der Waals surface area contributed by atoms with Gasteiger partial charge in [-0.25, -0.2) is 9.07 Å². The van der Waals surface area contributed by atoms with Gasteiger partial charge >= 0.3 is 0 Å². The summed E-state index contributed by atoms with van der Waals surface area (Å²) < 4.78 is 20.2. The summed E-state index contributed by atoms with van der Waals surface area (Å²) in [7, 11) is 1.57. The molecular formula is C20H24FN5O3. The fourth-order valence-electron chi connectivity index (χ4n) is 4.31. The average molecular weight is 401 g/mol. The molecule has 154 valence electrons. The Morgan fingerprint density at radius 3 is 2.59 bits per heavy atom. The van der Waals surface area contributed by atoms with Gasteiger partial charge in [0.1, 0.15) is 11.6 Å². The molecule has 1 N–H and O–H groups in total. The van der Waals surface area contributed by atoms with Crippen molar-refractivity contribution in [3.05, 3.63) is 42.0 Å². The Labute approximate surface area is 168 Å². The number of nitrogens with zero attached hydrogens (tertiary/aromatic N) is 4. The van der Waals surface area contributed by atoms with E-state index in [1.54, 1.807) is 13.2 Å². The minimum absolute atomic E-state index is 0.0549. The maximum atomic E-state index is 12.9. The van der Waals surface area contributed by atoms with Crippen LogP contribution in [0.4, 0.5) is 4.39 Å². The zero-order chi connectivity index (χ0) is 20.4. The van der Waals surface area contributed by atoms with Crippen molar-refractivity contribution in [2.75, 3.05) is 26.7 Å². The minimum atomic E-state index is -0.338. The maximum absolute atomic E-state index is 12.9. The van der Waals surface area contributed by atoms with Crippen molar-refractivity contribution >= 4 is 11.8 Å². The maximum Gasteiger partial charge on any atom is 0.273 e. The van der Waals surface area contributed by atoms with E-state index in [2.05, 4.69) is 15.6 Å². The number of nitrogens with one attached hydrogen (secondary N) is 1. The van der Waals surface area contributed by atoms with Crippen LogP contribution in [0.3, 0.4) is 0 Å². The summed E-state index contributed by atoms with van der Waals surface area (Å²) in [5, 5.41) is 10.7. The number of piperidine rings is 1. The summed E-state index contributed by atoms with van der Waals surface area (Å²) in [4.78, 5) is 26.0. The molecule has 1 unspecified atom stereocenters. The van der Waals surface area contributed by atoms with Crippen molar-refractivity contribution in [2.45, 2.75) is 31.7 Å². The monoisotopic (exact) mass is 401 g/mol. The van der Waals surface area contributed by atoms with Gasteiger partial charge in [-0.05, 0) is 55.4 Å². The van der Waals surface area contributed by atoms with Crippen molar-refractivity contribution in [1.82, 2.24) is 25.2 Å². The molecule has 9 heteroatoms. The lowest BCUT2D eigenvalue weighted by atomic mass is 9.59. The highest BCUT2D eigenvalue weighted by Crippen LogP contribution is 2.56. The van der Waals surface area contributed by atoms with Crippen LogP contribution in [0.15, 0.2) is 30.5 Å². The lowest BCUT2D eigenvalue weighted by molar-refractivity contribution is -0.138. The third kappa shape index (κ3) is 3.81. The number of hydrogen-bond donors (Lipinski definition) is 1. The molecule has 4 rings (SSSR count). The van der Waals surface area contributed by atoms with E-state index in [1.807, 2.05) is 9.58 Å². The molecule has 1 aliphatic carbocycles. The summed E-state index contributed by atoms with van der Waals surface area (Å²) >= 11 is 0. The molecule has 1 saturated heterocycles. The van der Waals surface area contributed by atoms with Gasteiger partial charge in [0.05, 0.1) is 12.2 Å². The number of carbonyl (C=O) groups is 2. The van der Waals surface area contributed by atoms with Crippen LogP contribution in [-0.4, -0.2) is 58.5 Å². The van der Waals surface area contributed by atoms with Crippen LogP contribution in [0, 0.1) is 11.2 Å². The van der Waals surface area contributed by atoms with Crippen molar-refractivity contribution in [3.8, 4) is 5.75 Å². The topological polar surface area (TPSA) is 89.4 Å². The Balaban J connectivity index is 1.31. The van der Waals surface area contributed by atoms with E-state index < -0.39 is 0 Å². The second-order valence-corrected chi connectivity index (χ2v) is 7.70. The molecule has 2 heterocycles. The molecule has 2 aliphatic rings. The predicted octanol–water partition coefficient (Wildman–Crippen LogP) is 1.80. The second kappa shape index (κ2) is 7.81. The van der Waals surface area contributed by atoms with E-state index in [-0.39, 0.29) is 35.7 Å². The van der Waals surface area contributed by atoms with Crippen molar-refractivity contribution < 1.29 is 18.7 Å². The smallest absolute Gasteiger partial charge is 0.273 e. The second-order valence-electron chi connectivity index (χ2n) is 7.70. The Hall–Kier alpha value is -2.97. The molecular weight excluding hydrogens is 377 g/mol. The normalized spacial score (nSPS) is 20.2. The Morgan fingerprint density at radius 1 is 1.24 bits per heavy atom. The largest absolute Gasteiger partial charge is 0.484 e. The van der Waals surface area contributed by atoms with E-state index in [0.717, 1.165) is 25.7 Å². The number of carbonyl (C=O) groups excluding carboxylic acids is 2. The summed E-state index contributed by atoms with van der Waals surface area (Å²) in [5.74, 6) is -0.172. The van der Waals surface area contributed by atoms with Crippen LogP contribution in [0.1, 0.15) is 42.2 Å². The van der Waals surface area contributed by atoms with Gasteiger partial charge in [0.25, 0.3) is 11.8 Å². The number of aromatic nitrogens is 3. The molecule has 1 aromatic heterocycles. The van der Waals surface area contributed by atoms with Gasteiger partial charge in [-0.1, -0.05) is 5.21 Å². The fraction of sp³-hybridized carbons (Fsp3) is 0.500. The summed E-state index contributed by atoms with van der Waals surface area (Å²) in [5.41, 5.74) is 0.419. The van der Waals surface area contributed by atoms with E-state index >= 15 is 0 Å². The molecule has 1 atom stereocenters. The highest BCUT2D eigenvalue weighted by Gasteiger charge is 2.50. The van der Waals surface area contributed by atoms with E-state index in [4.69, 9.17) is 4.74 Å². The Kier molecular flexibility index (Phi) is 5.21. The number of likely N-dealkylation sites (tertiary alicyclic amines) is 1. The zero-order valence-corrected chi connectivity index (χ0v) is 16.3. The van der Waals surface area contributed by atoms with Gasteiger partial charge in [0, 0.05) is 20.1 Å². The number of amides is 2. The van der Waals surface area contributed by atoms with Gasteiger partial charge in [-0.3, -0.25) is 9.59 Å². The highest BCUT2D eigenvalue weighted by molar-refractivity contribution is 5.91. The molecule has 1 spiro atoms. The third-order valence-electron chi connectivity index (χ3n) is 6.20. The first kappa shape index (κ1) is 19.4. The number of rotatable bonds is 5. The van der Waals surface area contributed by atoms with Crippen LogP contribution in [0.5, 0.6) is 5.75 Å². The first-order valence-corrected chi connectivity index (χ1v) is 9.81. The number of benzene rings is 1. The number of halogens is 1. The van der Waals surface area contributed by atoms with Crippen molar-refractivity contribution in [3.63, 3.8) is 0 Å². The van der Waals surface area contributed by atoms with Gasteiger partial charge in [-0.2, -0.15) is 0 Å². The van der Waals surface area contributed by atoms with E-state index in [1.165, 1.54) is 24.3 Å². The summed E-state index contributed by atoms with van der Waals surface area (Å²) in [6.07, 6.45) is 5.56. The number of ether oxygens (including phenoxy) is 1. The Morgan fingerprint density at radius 2 is 1.97 bits per heavy atom. The van der Waals surface area contributed by atoms with Crippen LogP contribution in [-0.2, 0) is 4.79 Å². The molecule has 8 nitrogen and oxygen atoms in total. The van der Waals surface area contributed by atoms with Crippen molar-refractivity contribution in [1.29, 1.82) is 0 Å². The SMILES string of the molecule is CNC(=O)c1cn(C2CCC23CCN(C(=O)COc2ccc(F)cc2)CC3)nn1. The molecule has 0 radical (unpaired) electrons. The molecule has 0 bridgehead atoms. The summed E-state index contributed by atoms with van der Waals surface area (Å²) in [6, 6.07) is 5.85.